The minimum atomic E-state index is -0.126. The normalized spacial score (nSPS) is 10.4. The van der Waals surface area contributed by atoms with Crippen molar-refractivity contribution in [3.63, 3.8) is 0 Å². The van der Waals surface area contributed by atoms with E-state index in [9.17, 15) is 4.79 Å². The van der Waals surface area contributed by atoms with Crippen molar-refractivity contribution in [2.45, 2.75) is 11.8 Å². The first kappa shape index (κ1) is 12.7. The number of carbonyl (C=O) groups excluding carboxylic acids is 1. The smallest absolute Gasteiger partial charge is 0.259 e. The maximum Gasteiger partial charge on any atom is 0.259 e. The predicted octanol–water partition coefficient (Wildman–Crippen LogP) is 2.70. The van der Waals surface area contributed by atoms with Crippen molar-refractivity contribution in [1.29, 1.82) is 0 Å². The molecule has 94 valence electrons. The molecule has 0 saturated carbocycles. The molecule has 1 heterocycles. The van der Waals surface area contributed by atoms with Gasteiger partial charge in [-0.05, 0) is 31.4 Å². The second-order valence-corrected chi connectivity index (χ2v) is 4.87. The fraction of sp³-hybridized carbons (Fsp3) is 0.231. The van der Waals surface area contributed by atoms with Crippen LogP contribution in [0.2, 0.25) is 0 Å². The highest BCUT2D eigenvalue weighted by Crippen LogP contribution is 2.19. The lowest BCUT2D eigenvalue weighted by atomic mass is 10.2. The minimum Gasteiger partial charge on any atom is -0.322 e. The molecule has 2 rings (SSSR count). The quantitative estimate of drug-likeness (QED) is 0.864. The Morgan fingerprint density at radius 2 is 2.22 bits per heavy atom. The molecule has 1 N–H and O–H groups in total. The molecule has 0 atom stereocenters. The number of anilines is 1. The van der Waals surface area contributed by atoms with Crippen LogP contribution < -0.4 is 5.32 Å². The van der Waals surface area contributed by atoms with Crippen LogP contribution in [-0.2, 0) is 7.05 Å². The van der Waals surface area contributed by atoms with E-state index in [-0.39, 0.29) is 5.91 Å². The Morgan fingerprint density at radius 3 is 2.83 bits per heavy atom. The molecule has 0 fully saturated rings. The predicted molar refractivity (Wildman–Crippen MR) is 74.1 cm³/mol. The number of amides is 1. The molecule has 0 aliphatic carbocycles. The molecule has 1 aromatic carbocycles. The molecule has 0 radical (unpaired) electrons. The SMILES string of the molecule is CSc1cccc(NC(=O)c2cn(C)nc2C)c1. The van der Waals surface area contributed by atoms with E-state index in [4.69, 9.17) is 0 Å². The zero-order valence-electron chi connectivity index (χ0n) is 10.6. The Kier molecular flexibility index (Phi) is 3.72. The van der Waals surface area contributed by atoms with Gasteiger partial charge in [-0.2, -0.15) is 5.10 Å². The first-order valence-corrected chi connectivity index (χ1v) is 6.78. The van der Waals surface area contributed by atoms with E-state index in [1.807, 2.05) is 37.4 Å². The van der Waals surface area contributed by atoms with E-state index in [1.54, 1.807) is 29.7 Å². The summed E-state index contributed by atoms with van der Waals surface area (Å²) < 4.78 is 1.64. The molecular weight excluding hydrogens is 246 g/mol. The number of aryl methyl sites for hydroxylation is 2. The Bertz CT molecular complexity index is 577. The van der Waals surface area contributed by atoms with Gasteiger partial charge in [0.25, 0.3) is 5.91 Å². The van der Waals surface area contributed by atoms with Gasteiger partial charge in [-0.25, -0.2) is 0 Å². The van der Waals surface area contributed by atoms with Crippen molar-refractivity contribution in [3.05, 3.63) is 41.7 Å². The van der Waals surface area contributed by atoms with Crippen LogP contribution >= 0.6 is 11.8 Å². The summed E-state index contributed by atoms with van der Waals surface area (Å²) in [5.41, 5.74) is 2.14. The molecule has 5 heteroatoms. The lowest BCUT2D eigenvalue weighted by molar-refractivity contribution is 0.102. The number of aromatic nitrogens is 2. The minimum absolute atomic E-state index is 0.126. The molecule has 18 heavy (non-hydrogen) atoms. The third-order valence-corrected chi connectivity index (χ3v) is 3.31. The van der Waals surface area contributed by atoms with E-state index in [0.717, 1.165) is 16.3 Å². The van der Waals surface area contributed by atoms with Gasteiger partial charge in [-0.1, -0.05) is 6.07 Å². The molecule has 0 aliphatic heterocycles. The van der Waals surface area contributed by atoms with Crippen LogP contribution in [0.5, 0.6) is 0 Å². The highest BCUT2D eigenvalue weighted by Gasteiger charge is 2.12. The third-order valence-electron chi connectivity index (χ3n) is 2.59. The average molecular weight is 261 g/mol. The van der Waals surface area contributed by atoms with Crippen LogP contribution in [0, 0.1) is 6.92 Å². The Balaban J connectivity index is 2.18. The molecule has 0 bridgehead atoms. The number of benzene rings is 1. The number of nitrogens with zero attached hydrogens (tertiary/aromatic N) is 2. The number of nitrogens with one attached hydrogen (secondary N) is 1. The van der Waals surface area contributed by atoms with Gasteiger partial charge in [0.15, 0.2) is 0 Å². The summed E-state index contributed by atoms with van der Waals surface area (Å²) in [6.45, 7) is 1.83. The highest BCUT2D eigenvalue weighted by molar-refractivity contribution is 7.98. The number of hydrogen-bond acceptors (Lipinski definition) is 3. The fourth-order valence-electron chi connectivity index (χ4n) is 1.72. The second kappa shape index (κ2) is 5.27. The lowest BCUT2D eigenvalue weighted by Crippen LogP contribution is -2.12. The number of thioether (sulfide) groups is 1. The van der Waals surface area contributed by atoms with Crippen LogP contribution in [0.4, 0.5) is 5.69 Å². The van der Waals surface area contributed by atoms with Crippen molar-refractivity contribution in [2.75, 3.05) is 11.6 Å². The molecule has 0 unspecified atom stereocenters. The molecule has 1 aromatic heterocycles. The van der Waals surface area contributed by atoms with E-state index >= 15 is 0 Å². The van der Waals surface area contributed by atoms with Crippen molar-refractivity contribution in [2.24, 2.45) is 7.05 Å². The van der Waals surface area contributed by atoms with Gasteiger partial charge in [0, 0.05) is 23.8 Å². The van der Waals surface area contributed by atoms with Crippen LogP contribution in [0.1, 0.15) is 16.1 Å². The van der Waals surface area contributed by atoms with Gasteiger partial charge in [0.1, 0.15) is 0 Å². The van der Waals surface area contributed by atoms with Crippen molar-refractivity contribution < 1.29 is 4.79 Å². The van der Waals surface area contributed by atoms with Gasteiger partial charge >= 0.3 is 0 Å². The molecule has 1 amide bonds. The summed E-state index contributed by atoms with van der Waals surface area (Å²) >= 11 is 1.65. The standard InChI is InChI=1S/C13H15N3OS/c1-9-12(8-16(2)15-9)13(17)14-10-5-4-6-11(7-10)18-3/h4-8H,1-3H3,(H,14,17). The van der Waals surface area contributed by atoms with Gasteiger partial charge < -0.3 is 5.32 Å². The maximum atomic E-state index is 12.1. The Morgan fingerprint density at radius 1 is 1.44 bits per heavy atom. The fourth-order valence-corrected chi connectivity index (χ4v) is 2.18. The van der Waals surface area contributed by atoms with E-state index in [1.165, 1.54) is 0 Å². The van der Waals surface area contributed by atoms with Gasteiger partial charge in [0.2, 0.25) is 0 Å². The monoisotopic (exact) mass is 261 g/mol. The summed E-state index contributed by atoms with van der Waals surface area (Å²) in [7, 11) is 1.80. The van der Waals surface area contributed by atoms with E-state index in [0.29, 0.717) is 5.56 Å². The van der Waals surface area contributed by atoms with E-state index < -0.39 is 0 Å². The summed E-state index contributed by atoms with van der Waals surface area (Å²) in [5, 5.41) is 7.04. The molecule has 2 aromatic rings. The second-order valence-electron chi connectivity index (χ2n) is 3.99. The van der Waals surface area contributed by atoms with E-state index in [2.05, 4.69) is 10.4 Å². The molecule has 0 saturated heterocycles. The number of hydrogen-bond donors (Lipinski definition) is 1. The summed E-state index contributed by atoms with van der Waals surface area (Å²) in [6, 6.07) is 7.77. The lowest BCUT2D eigenvalue weighted by Gasteiger charge is -2.05. The largest absolute Gasteiger partial charge is 0.322 e. The number of carbonyl (C=O) groups is 1. The van der Waals surface area contributed by atoms with Crippen molar-refractivity contribution >= 4 is 23.4 Å². The van der Waals surface area contributed by atoms with Crippen LogP contribution in [0.25, 0.3) is 0 Å². The van der Waals surface area contributed by atoms with Crippen LogP contribution in [0.15, 0.2) is 35.4 Å². The summed E-state index contributed by atoms with van der Waals surface area (Å²) in [5.74, 6) is -0.126. The first-order chi connectivity index (χ1) is 8.60. The van der Waals surface area contributed by atoms with Gasteiger partial charge in [0.05, 0.1) is 11.3 Å². The summed E-state index contributed by atoms with van der Waals surface area (Å²) in [4.78, 5) is 13.2. The Labute approximate surface area is 110 Å². The van der Waals surface area contributed by atoms with Gasteiger partial charge in [-0.3, -0.25) is 9.48 Å². The molecular formula is C13H15N3OS. The molecule has 4 nitrogen and oxygen atoms in total. The molecule has 0 spiro atoms. The highest BCUT2D eigenvalue weighted by atomic mass is 32.2. The zero-order valence-corrected chi connectivity index (χ0v) is 11.4. The zero-order chi connectivity index (χ0) is 13.1. The third kappa shape index (κ3) is 2.73. The average Bonchev–Trinajstić information content (AvgIpc) is 2.69. The van der Waals surface area contributed by atoms with Crippen molar-refractivity contribution in [1.82, 2.24) is 9.78 Å². The Hall–Kier alpha value is -1.75. The topological polar surface area (TPSA) is 46.9 Å². The molecule has 0 aliphatic rings. The van der Waals surface area contributed by atoms with Crippen LogP contribution in [0.3, 0.4) is 0 Å². The first-order valence-electron chi connectivity index (χ1n) is 5.56. The maximum absolute atomic E-state index is 12.1. The van der Waals surface area contributed by atoms with Gasteiger partial charge in [-0.15, -0.1) is 11.8 Å². The number of rotatable bonds is 3. The summed E-state index contributed by atoms with van der Waals surface area (Å²) in [6.07, 6.45) is 3.73. The van der Waals surface area contributed by atoms with Crippen LogP contribution in [-0.4, -0.2) is 21.9 Å². The van der Waals surface area contributed by atoms with Crippen molar-refractivity contribution in [3.8, 4) is 0 Å².